The van der Waals surface area contributed by atoms with Gasteiger partial charge in [0.2, 0.25) is 5.95 Å². The van der Waals surface area contributed by atoms with Crippen LogP contribution < -0.4 is 20.1 Å². The highest BCUT2D eigenvalue weighted by molar-refractivity contribution is 6.29. The van der Waals surface area contributed by atoms with Gasteiger partial charge in [0.25, 0.3) is 0 Å². The molecule has 7 nitrogen and oxygen atoms in total. The molecule has 3 rings (SSSR count). The van der Waals surface area contributed by atoms with E-state index in [1.165, 1.54) is 0 Å². The molecular weight excluding hydrogens is 320 g/mol. The number of nitrogens with two attached hydrogens (primary N) is 1. The van der Waals surface area contributed by atoms with E-state index < -0.39 is 6.10 Å². The Morgan fingerprint density at radius 2 is 1.96 bits per heavy atom. The average Bonchev–Trinajstić information content (AvgIpc) is 2.52. The van der Waals surface area contributed by atoms with E-state index in [0.29, 0.717) is 30.4 Å². The van der Waals surface area contributed by atoms with Crippen LogP contribution in [0.4, 0.5) is 11.8 Å². The lowest BCUT2D eigenvalue weighted by atomic mass is 9.95. The van der Waals surface area contributed by atoms with Gasteiger partial charge in [0.05, 0.1) is 20.8 Å². The molecule has 8 heteroatoms. The molecule has 0 saturated carbocycles. The normalized spacial score (nSPS) is 16.9. The van der Waals surface area contributed by atoms with Gasteiger partial charge in [-0.25, -0.2) is 4.98 Å². The smallest absolute Gasteiger partial charge is 0.223 e. The number of aromatic nitrogens is 2. The topological polar surface area (TPSA) is 93.7 Å². The summed E-state index contributed by atoms with van der Waals surface area (Å²) in [6.45, 7) is 0.822. The third kappa shape index (κ3) is 2.85. The summed E-state index contributed by atoms with van der Waals surface area (Å²) in [5.74, 6) is 1.95. The maximum absolute atomic E-state index is 10.6. The van der Waals surface area contributed by atoms with Crippen LogP contribution in [0, 0.1) is 0 Å². The van der Waals surface area contributed by atoms with Gasteiger partial charge in [-0.05, 0) is 12.1 Å². The number of benzene rings is 1. The predicted molar refractivity (Wildman–Crippen MR) is 87.0 cm³/mol. The summed E-state index contributed by atoms with van der Waals surface area (Å²) in [7, 11) is 3.17. The van der Waals surface area contributed by atoms with Crippen molar-refractivity contribution in [2.75, 3.05) is 31.4 Å². The van der Waals surface area contributed by atoms with Crippen molar-refractivity contribution in [1.29, 1.82) is 0 Å². The zero-order valence-corrected chi connectivity index (χ0v) is 13.5. The number of β-amino-alcohol motifs (C(OH)–C–C–N with tert-alkyl or cyclic N) is 1. The maximum Gasteiger partial charge on any atom is 0.223 e. The van der Waals surface area contributed by atoms with Crippen molar-refractivity contribution in [2.24, 2.45) is 0 Å². The van der Waals surface area contributed by atoms with Crippen LogP contribution >= 0.6 is 11.6 Å². The van der Waals surface area contributed by atoms with Crippen molar-refractivity contribution < 1.29 is 14.6 Å². The van der Waals surface area contributed by atoms with Gasteiger partial charge in [0.15, 0.2) is 0 Å². The molecule has 1 aromatic heterocycles. The molecule has 0 bridgehead atoms. The predicted octanol–water partition coefficient (Wildman–Crippen LogP) is 1.78. The third-order valence-corrected chi connectivity index (χ3v) is 4.01. The summed E-state index contributed by atoms with van der Waals surface area (Å²) >= 11 is 5.95. The van der Waals surface area contributed by atoms with Crippen LogP contribution in [0.5, 0.6) is 11.5 Å². The minimum absolute atomic E-state index is 0.0883. The van der Waals surface area contributed by atoms with Crippen molar-refractivity contribution in [3.63, 3.8) is 0 Å². The molecular formula is C15H17ClN4O3. The van der Waals surface area contributed by atoms with E-state index in [4.69, 9.17) is 26.8 Å². The molecule has 3 N–H and O–H groups in total. The minimum Gasteiger partial charge on any atom is -0.496 e. The van der Waals surface area contributed by atoms with Crippen LogP contribution in [0.25, 0.3) is 0 Å². The van der Waals surface area contributed by atoms with Crippen molar-refractivity contribution >= 4 is 23.4 Å². The molecule has 0 saturated heterocycles. The fraction of sp³-hybridized carbons (Fsp3) is 0.333. The van der Waals surface area contributed by atoms with Gasteiger partial charge in [-0.3, -0.25) is 0 Å². The number of rotatable bonds is 3. The van der Waals surface area contributed by atoms with E-state index in [1.807, 2.05) is 11.0 Å². The highest BCUT2D eigenvalue weighted by Gasteiger charge is 2.30. The number of hydrogen-bond donors (Lipinski definition) is 2. The third-order valence-electron chi connectivity index (χ3n) is 3.81. The Morgan fingerprint density at radius 1 is 1.26 bits per heavy atom. The quantitative estimate of drug-likeness (QED) is 0.825. The molecule has 2 aromatic rings. The Bertz CT molecular complexity index is 721. The fourth-order valence-electron chi connectivity index (χ4n) is 2.84. The van der Waals surface area contributed by atoms with Crippen molar-refractivity contribution in [3.05, 3.63) is 34.5 Å². The SMILES string of the molecule is COc1ccc(OC)c2c1CN(c1cc(Cl)nc(N)n1)C[C@H]2O. The number of nitrogen functional groups attached to an aromatic ring is 1. The lowest BCUT2D eigenvalue weighted by Gasteiger charge is -2.34. The average molecular weight is 337 g/mol. The Morgan fingerprint density at radius 3 is 2.61 bits per heavy atom. The summed E-state index contributed by atoms with van der Waals surface area (Å²) < 4.78 is 10.8. The number of nitrogens with zero attached hydrogens (tertiary/aromatic N) is 3. The first-order chi connectivity index (χ1) is 11.0. The van der Waals surface area contributed by atoms with Gasteiger partial charge in [0.1, 0.15) is 28.6 Å². The number of aliphatic hydroxyl groups excluding tert-OH is 1. The van der Waals surface area contributed by atoms with Crippen LogP contribution in [0.1, 0.15) is 17.2 Å². The number of halogens is 1. The number of anilines is 2. The number of methoxy groups -OCH3 is 2. The summed E-state index contributed by atoms with van der Waals surface area (Å²) in [6.07, 6.45) is -0.751. The van der Waals surface area contributed by atoms with Crippen LogP contribution in [0.15, 0.2) is 18.2 Å². The molecule has 0 fully saturated rings. The van der Waals surface area contributed by atoms with Crippen molar-refractivity contribution in [2.45, 2.75) is 12.6 Å². The van der Waals surface area contributed by atoms with Crippen LogP contribution in [0.3, 0.4) is 0 Å². The van der Waals surface area contributed by atoms with E-state index in [2.05, 4.69) is 9.97 Å². The van der Waals surface area contributed by atoms with E-state index in [1.54, 1.807) is 26.4 Å². The monoisotopic (exact) mass is 336 g/mol. The van der Waals surface area contributed by atoms with Gasteiger partial charge < -0.3 is 25.2 Å². The van der Waals surface area contributed by atoms with E-state index in [-0.39, 0.29) is 11.1 Å². The first-order valence-electron chi connectivity index (χ1n) is 7.00. The van der Waals surface area contributed by atoms with Crippen molar-refractivity contribution in [1.82, 2.24) is 9.97 Å². The zero-order chi connectivity index (χ0) is 16.6. The standard InChI is InChI=1S/C15H17ClN4O3/c1-22-10-3-4-11(23-2)14-8(10)6-20(7-9(14)21)13-5-12(16)18-15(17)19-13/h3-5,9,21H,6-7H2,1-2H3,(H2,17,18,19)/t9-/m1/s1. The van der Waals surface area contributed by atoms with Crippen molar-refractivity contribution in [3.8, 4) is 11.5 Å². The zero-order valence-electron chi connectivity index (χ0n) is 12.8. The van der Waals surface area contributed by atoms with Gasteiger partial charge in [-0.15, -0.1) is 0 Å². The second-order valence-corrected chi connectivity index (χ2v) is 5.55. The second-order valence-electron chi connectivity index (χ2n) is 5.17. The Kier molecular flexibility index (Phi) is 4.14. The first-order valence-corrected chi connectivity index (χ1v) is 7.38. The van der Waals surface area contributed by atoms with E-state index >= 15 is 0 Å². The number of hydrogen-bond acceptors (Lipinski definition) is 7. The number of fused-ring (bicyclic) bond motifs is 1. The molecule has 23 heavy (non-hydrogen) atoms. The summed E-state index contributed by atoms with van der Waals surface area (Å²) in [5, 5.41) is 10.8. The molecule has 1 aliphatic rings. The molecule has 122 valence electrons. The summed E-state index contributed by atoms with van der Waals surface area (Å²) in [4.78, 5) is 9.91. The van der Waals surface area contributed by atoms with E-state index in [9.17, 15) is 5.11 Å². The first kappa shape index (κ1) is 15.6. The Balaban J connectivity index is 2.06. The van der Waals surface area contributed by atoms with Gasteiger partial charge >= 0.3 is 0 Å². The molecule has 1 aromatic carbocycles. The summed E-state index contributed by atoms with van der Waals surface area (Å²) in [5.41, 5.74) is 7.24. The van der Waals surface area contributed by atoms with E-state index in [0.717, 1.165) is 11.1 Å². The largest absolute Gasteiger partial charge is 0.496 e. The van der Waals surface area contributed by atoms with Gasteiger partial charge in [-0.1, -0.05) is 11.6 Å². The Hall–Kier alpha value is -2.25. The highest BCUT2D eigenvalue weighted by Crippen LogP contribution is 2.40. The number of aliphatic hydroxyl groups is 1. The highest BCUT2D eigenvalue weighted by atomic mass is 35.5. The Labute approximate surface area is 138 Å². The molecule has 0 radical (unpaired) electrons. The molecule has 0 aliphatic carbocycles. The molecule has 2 heterocycles. The molecule has 0 amide bonds. The molecule has 0 unspecified atom stereocenters. The van der Waals surface area contributed by atoms with Crippen LogP contribution in [0.2, 0.25) is 5.15 Å². The lowest BCUT2D eigenvalue weighted by molar-refractivity contribution is 0.169. The minimum atomic E-state index is -0.751. The molecule has 1 aliphatic heterocycles. The lowest BCUT2D eigenvalue weighted by Crippen LogP contribution is -2.35. The molecule has 1 atom stereocenters. The fourth-order valence-corrected chi connectivity index (χ4v) is 3.02. The maximum atomic E-state index is 10.6. The second kappa shape index (κ2) is 6.10. The molecule has 0 spiro atoms. The number of ether oxygens (including phenoxy) is 2. The van der Waals surface area contributed by atoms with Gasteiger partial charge in [0, 0.05) is 23.7 Å². The van der Waals surface area contributed by atoms with Crippen LogP contribution in [-0.2, 0) is 6.54 Å². The van der Waals surface area contributed by atoms with Gasteiger partial charge in [-0.2, -0.15) is 4.98 Å². The summed E-state index contributed by atoms with van der Waals surface area (Å²) in [6, 6.07) is 5.22. The van der Waals surface area contributed by atoms with Crippen LogP contribution in [-0.4, -0.2) is 35.8 Å².